The minimum atomic E-state index is -0.232. The Morgan fingerprint density at radius 2 is 2.12 bits per heavy atom. The SMILES string of the molecule is C[C@H]1CCN(C(=O)c2cnc3c(c2)CC(C)(c2ccc(Cl)cc2)N3)C1. The van der Waals surface area contributed by atoms with E-state index >= 15 is 0 Å². The molecule has 2 aliphatic heterocycles. The molecule has 0 aliphatic carbocycles. The molecular formula is C20H22ClN3O. The number of benzene rings is 1. The number of nitrogens with one attached hydrogen (secondary N) is 1. The van der Waals surface area contributed by atoms with Crippen LogP contribution in [0.2, 0.25) is 5.02 Å². The summed E-state index contributed by atoms with van der Waals surface area (Å²) >= 11 is 6.01. The number of anilines is 1. The van der Waals surface area contributed by atoms with Gasteiger partial charge in [-0.15, -0.1) is 0 Å². The molecule has 2 aliphatic rings. The highest BCUT2D eigenvalue weighted by atomic mass is 35.5. The van der Waals surface area contributed by atoms with E-state index in [9.17, 15) is 4.79 Å². The summed E-state index contributed by atoms with van der Waals surface area (Å²) in [5, 5.41) is 4.24. The Hall–Kier alpha value is -2.07. The smallest absolute Gasteiger partial charge is 0.255 e. The number of nitrogens with zero attached hydrogens (tertiary/aromatic N) is 2. The molecule has 1 amide bonds. The molecule has 0 radical (unpaired) electrons. The number of rotatable bonds is 2. The van der Waals surface area contributed by atoms with Crippen molar-refractivity contribution in [3.05, 3.63) is 58.2 Å². The van der Waals surface area contributed by atoms with Crippen LogP contribution in [-0.2, 0) is 12.0 Å². The van der Waals surface area contributed by atoms with Gasteiger partial charge in [0.05, 0.1) is 11.1 Å². The lowest BCUT2D eigenvalue weighted by atomic mass is 9.89. The van der Waals surface area contributed by atoms with Crippen molar-refractivity contribution in [1.82, 2.24) is 9.88 Å². The van der Waals surface area contributed by atoms with E-state index < -0.39 is 0 Å². The van der Waals surface area contributed by atoms with Crippen LogP contribution in [0.1, 0.15) is 41.8 Å². The number of likely N-dealkylation sites (tertiary alicyclic amines) is 1. The van der Waals surface area contributed by atoms with Crippen molar-refractivity contribution in [3.8, 4) is 0 Å². The Morgan fingerprint density at radius 1 is 1.36 bits per heavy atom. The highest BCUT2D eigenvalue weighted by molar-refractivity contribution is 6.30. The molecule has 4 nitrogen and oxygen atoms in total. The lowest BCUT2D eigenvalue weighted by Gasteiger charge is -2.25. The summed E-state index contributed by atoms with van der Waals surface area (Å²) in [6.45, 7) is 6.03. The molecule has 1 fully saturated rings. The first-order chi connectivity index (χ1) is 11.9. The second-order valence-corrected chi connectivity index (χ2v) is 7.95. The van der Waals surface area contributed by atoms with Crippen LogP contribution in [0.5, 0.6) is 0 Å². The van der Waals surface area contributed by atoms with E-state index in [1.54, 1.807) is 6.20 Å². The Morgan fingerprint density at radius 3 is 2.80 bits per heavy atom. The molecule has 4 rings (SSSR count). The maximum absolute atomic E-state index is 12.7. The Labute approximate surface area is 153 Å². The molecule has 1 N–H and O–H groups in total. The molecule has 3 heterocycles. The first-order valence-corrected chi connectivity index (χ1v) is 9.15. The number of carbonyl (C=O) groups is 1. The molecule has 1 aromatic carbocycles. The van der Waals surface area contributed by atoms with Gasteiger partial charge in [-0.3, -0.25) is 4.79 Å². The van der Waals surface area contributed by atoms with Gasteiger partial charge < -0.3 is 10.2 Å². The second-order valence-electron chi connectivity index (χ2n) is 7.52. The fraction of sp³-hybridized carbons (Fsp3) is 0.400. The van der Waals surface area contributed by atoms with Crippen LogP contribution < -0.4 is 5.32 Å². The molecule has 2 atom stereocenters. The maximum Gasteiger partial charge on any atom is 0.255 e. The van der Waals surface area contributed by atoms with Gasteiger partial charge in [-0.05, 0) is 48.6 Å². The molecule has 1 saturated heterocycles. The van der Waals surface area contributed by atoms with Crippen molar-refractivity contribution in [2.75, 3.05) is 18.4 Å². The van der Waals surface area contributed by atoms with E-state index in [0.717, 1.165) is 47.9 Å². The highest BCUT2D eigenvalue weighted by Gasteiger charge is 2.35. The highest BCUT2D eigenvalue weighted by Crippen LogP contribution is 2.38. The molecule has 130 valence electrons. The van der Waals surface area contributed by atoms with E-state index in [0.29, 0.717) is 11.5 Å². The van der Waals surface area contributed by atoms with Crippen LogP contribution in [0, 0.1) is 5.92 Å². The van der Waals surface area contributed by atoms with Gasteiger partial charge in [-0.2, -0.15) is 0 Å². The van der Waals surface area contributed by atoms with E-state index in [-0.39, 0.29) is 11.4 Å². The van der Waals surface area contributed by atoms with Crippen LogP contribution in [0.3, 0.4) is 0 Å². The van der Waals surface area contributed by atoms with Crippen molar-refractivity contribution in [2.45, 2.75) is 32.2 Å². The lowest BCUT2D eigenvalue weighted by molar-refractivity contribution is 0.0787. The lowest BCUT2D eigenvalue weighted by Crippen LogP contribution is -2.29. The second kappa shape index (κ2) is 6.03. The van der Waals surface area contributed by atoms with Crippen molar-refractivity contribution < 1.29 is 4.79 Å². The van der Waals surface area contributed by atoms with Gasteiger partial charge in [-0.1, -0.05) is 30.7 Å². The van der Waals surface area contributed by atoms with Gasteiger partial charge >= 0.3 is 0 Å². The Balaban J connectivity index is 1.58. The molecule has 0 bridgehead atoms. The summed E-state index contributed by atoms with van der Waals surface area (Å²) in [5.41, 5.74) is 2.71. The molecule has 5 heteroatoms. The number of halogens is 1. The minimum Gasteiger partial charge on any atom is -0.360 e. The Bertz CT molecular complexity index is 820. The van der Waals surface area contributed by atoms with Crippen molar-refractivity contribution in [2.24, 2.45) is 5.92 Å². The zero-order chi connectivity index (χ0) is 17.6. The van der Waals surface area contributed by atoms with Crippen LogP contribution in [-0.4, -0.2) is 28.9 Å². The third kappa shape index (κ3) is 2.99. The van der Waals surface area contributed by atoms with E-state index in [4.69, 9.17) is 11.6 Å². The zero-order valence-corrected chi connectivity index (χ0v) is 15.3. The molecular weight excluding hydrogens is 334 g/mol. The van der Waals surface area contributed by atoms with E-state index in [1.807, 2.05) is 35.2 Å². The number of hydrogen-bond donors (Lipinski definition) is 1. The summed E-state index contributed by atoms with van der Waals surface area (Å²) in [6.07, 6.45) is 3.58. The number of pyridine rings is 1. The fourth-order valence-corrected chi connectivity index (χ4v) is 3.98. The molecule has 1 unspecified atom stereocenters. The van der Waals surface area contributed by atoms with Gasteiger partial charge in [0.25, 0.3) is 5.91 Å². The summed E-state index contributed by atoms with van der Waals surface area (Å²) in [7, 11) is 0. The van der Waals surface area contributed by atoms with Gasteiger partial charge in [-0.25, -0.2) is 4.98 Å². The molecule has 0 saturated carbocycles. The fourth-order valence-electron chi connectivity index (χ4n) is 3.86. The standard InChI is InChI=1S/C20H22ClN3O/c1-13-7-8-24(12-13)19(25)15-9-14-10-20(2,23-18(14)22-11-15)16-3-5-17(21)6-4-16/h3-6,9,11,13H,7-8,10,12H2,1-2H3,(H,22,23)/t13-,20?/m0/s1. The van der Waals surface area contributed by atoms with E-state index in [2.05, 4.69) is 24.1 Å². The monoisotopic (exact) mass is 355 g/mol. The van der Waals surface area contributed by atoms with E-state index in [1.165, 1.54) is 0 Å². The normalized spacial score (nSPS) is 24.9. The predicted molar refractivity (Wildman–Crippen MR) is 100 cm³/mol. The summed E-state index contributed by atoms with van der Waals surface area (Å²) < 4.78 is 0. The summed E-state index contributed by atoms with van der Waals surface area (Å²) in [5.74, 6) is 1.55. The molecule has 0 spiro atoms. The quantitative estimate of drug-likeness (QED) is 0.882. The average Bonchev–Trinajstić information content (AvgIpc) is 3.17. The van der Waals surface area contributed by atoms with Gasteiger partial charge in [0.2, 0.25) is 0 Å². The van der Waals surface area contributed by atoms with Gasteiger partial charge in [0.15, 0.2) is 0 Å². The van der Waals surface area contributed by atoms with Crippen LogP contribution >= 0.6 is 11.6 Å². The summed E-state index contributed by atoms with van der Waals surface area (Å²) in [6, 6.07) is 9.90. The predicted octanol–water partition coefficient (Wildman–Crippen LogP) is 4.10. The first kappa shape index (κ1) is 16.4. The van der Waals surface area contributed by atoms with Crippen molar-refractivity contribution >= 4 is 23.3 Å². The third-order valence-electron chi connectivity index (χ3n) is 5.34. The van der Waals surface area contributed by atoms with Gasteiger partial charge in [0, 0.05) is 30.7 Å². The number of fused-ring (bicyclic) bond motifs is 1. The van der Waals surface area contributed by atoms with Crippen molar-refractivity contribution in [1.29, 1.82) is 0 Å². The van der Waals surface area contributed by atoms with Gasteiger partial charge in [0.1, 0.15) is 5.82 Å². The Kier molecular flexibility index (Phi) is 3.95. The molecule has 25 heavy (non-hydrogen) atoms. The number of amides is 1. The van der Waals surface area contributed by atoms with Crippen molar-refractivity contribution in [3.63, 3.8) is 0 Å². The number of hydrogen-bond acceptors (Lipinski definition) is 3. The van der Waals surface area contributed by atoms with Crippen LogP contribution in [0.25, 0.3) is 0 Å². The van der Waals surface area contributed by atoms with Crippen LogP contribution in [0.4, 0.5) is 5.82 Å². The molecule has 2 aromatic rings. The largest absolute Gasteiger partial charge is 0.360 e. The minimum absolute atomic E-state index is 0.0970. The number of carbonyl (C=O) groups excluding carboxylic acids is 1. The topological polar surface area (TPSA) is 45.2 Å². The third-order valence-corrected chi connectivity index (χ3v) is 5.60. The first-order valence-electron chi connectivity index (χ1n) is 8.77. The summed E-state index contributed by atoms with van der Waals surface area (Å²) in [4.78, 5) is 19.2. The zero-order valence-electron chi connectivity index (χ0n) is 14.6. The molecule has 1 aromatic heterocycles. The average molecular weight is 356 g/mol. The maximum atomic E-state index is 12.7. The van der Waals surface area contributed by atoms with Crippen LogP contribution in [0.15, 0.2) is 36.5 Å². The number of aromatic nitrogens is 1.